The second kappa shape index (κ2) is 34.9. The van der Waals surface area contributed by atoms with E-state index in [4.69, 9.17) is 23.7 Å². The van der Waals surface area contributed by atoms with Crippen LogP contribution in [0.3, 0.4) is 0 Å². The molecule has 0 saturated carbocycles. The molecule has 0 aromatic rings. The van der Waals surface area contributed by atoms with E-state index < -0.39 is 23.3 Å². The lowest BCUT2D eigenvalue weighted by Crippen LogP contribution is -2.42. The van der Waals surface area contributed by atoms with E-state index in [1.54, 1.807) is 0 Å². The highest BCUT2D eigenvalue weighted by Crippen LogP contribution is 2.30. The van der Waals surface area contributed by atoms with E-state index in [2.05, 4.69) is 152 Å². The molecule has 0 radical (unpaired) electrons. The Morgan fingerprint density at radius 2 is 0.611 bits per heavy atom. The van der Waals surface area contributed by atoms with Crippen LogP contribution < -0.4 is 0 Å². The molecule has 0 aromatic carbocycles. The minimum atomic E-state index is -1.03. The highest BCUT2D eigenvalue weighted by molar-refractivity contribution is 7.83. The third-order valence-corrected chi connectivity index (χ3v) is 14.5. The molecule has 0 heterocycles. The Morgan fingerprint density at radius 1 is 0.333 bits per heavy atom. The van der Waals surface area contributed by atoms with E-state index in [0.717, 1.165) is 0 Å². The number of carbonyl (C=O) groups is 4. The van der Waals surface area contributed by atoms with Crippen LogP contribution in [-0.4, -0.2) is 139 Å². The van der Waals surface area contributed by atoms with Gasteiger partial charge in [-0.3, -0.25) is 19.2 Å². The minimum Gasteiger partial charge on any atom is -0.465 e. The molecule has 0 aliphatic carbocycles. The number of rotatable bonds is 33. The Hall–Kier alpha value is 2.20. The highest BCUT2D eigenvalue weighted by Gasteiger charge is 2.37. The van der Waals surface area contributed by atoms with Crippen molar-refractivity contribution in [3.05, 3.63) is 0 Å². The molecule has 0 rings (SSSR count). The fourth-order valence-corrected chi connectivity index (χ4v) is 8.51. The first-order valence-electron chi connectivity index (χ1n) is 17.2. The van der Waals surface area contributed by atoms with Crippen molar-refractivity contribution in [2.45, 2.75) is 38.5 Å². The van der Waals surface area contributed by atoms with Gasteiger partial charge in [0.15, 0.2) is 0 Å². The van der Waals surface area contributed by atoms with Crippen molar-refractivity contribution in [2.75, 3.05) is 115 Å². The standard InChI is InChI=1S/C18H30O7S4.C15H32O2S8/c19-14(2-7-26)1-6-18(11-23-15(20)3-8-27,12-24-16(21)4-9-28)13-25-17(22)5-10-29;18-5-13(6-19,1-16-3-14(7-20,8-21)9-22)2-17-4-15(10-23,11-24)12-25/h26-29H,1-13H2;18-25H,1-12H2. The Labute approximate surface area is 389 Å². The summed E-state index contributed by atoms with van der Waals surface area (Å²) in [5.74, 6) is 5.24. The summed E-state index contributed by atoms with van der Waals surface area (Å²) in [6.07, 6.45) is 0.983. The van der Waals surface area contributed by atoms with E-state index in [-0.39, 0.29) is 80.4 Å². The van der Waals surface area contributed by atoms with Crippen molar-refractivity contribution < 1.29 is 42.9 Å². The predicted molar refractivity (Wildman–Crippen MR) is 263 cm³/mol. The van der Waals surface area contributed by atoms with Crippen molar-refractivity contribution in [1.82, 2.24) is 0 Å². The molecule has 0 spiro atoms. The number of hydrogen-bond acceptors (Lipinski definition) is 21. The molecule has 0 unspecified atom stereocenters. The van der Waals surface area contributed by atoms with Crippen LogP contribution in [0.2, 0.25) is 0 Å². The molecule has 0 saturated heterocycles. The summed E-state index contributed by atoms with van der Waals surface area (Å²) in [5.41, 5.74) is -1.54. The van der Waals surface area contributed by atoms with E-state index in [0.29, 0.717) is 95.5 Å². The molecule has 9 nitrogen and oxygen atoms in total. The molecule has 0 bridgehead atoms. The van der Waals surface area contributed by atoms with E-state index in [1.807, 2.05) is 0 Å². The third kappa shape index (κ3) is 25.1. The van der Waals surface area contributed by atoms with Crippen molar-refractivity contribution in [1.29, 1.82) is 0 Å². The van der Waals surface area contributed by atoms with Crippen LogP contribution in [0.4, 0.5) is 0 Å². The Balaban J connectivity index is 0. The number of carbonyl (C=O) groups excluding carboxylic acids is 4. The van der Waals surface area contributed by atoms with Crippen LogP contribution >= 0.6 is 152 Å². The monoisotopic (exact) mass is 986 g/mol. The average molecular weight is 988 g/mol. The Kier molecular flexibility index (Phi) is 37.6. The number of Topliss-reactive ketones (excluding diaryl/α,β-unsaturated/α-hetero) is 1. The summed E-state index contributed by atoms with van der Waals surface area (Å²) in [7, 11) is 0. The zero-order valence-electron chi connectivity index (χ0n) is 30.7. The van der Waals surface area contributed by atoms with Gasteiger partial charge in [0.05, 0.1) is 51.1 Å². The first kappa shape index (κ1) is 58.3. The molecule has 0 fully saturated rings. The Bertz CT molecular complexity index is 879. The maximum absolute atomic E-state index is 12.0. The number of ether oxygens (including phenoxy) is 5. The van der Waals surface area contributed by atoms with Crippen molar-refractivity contribution in [3.8, 4) is 0 Å². The quantitative estimate of drug-likeness (QED) is 0.0231. The smallest absolute Gasteiger partial charge is 0.306 e. The van der Waals surface area contributed by atoms with Crippen LogP contribution in [0, 0.1) is 21.7 Å². The van der Waals surface area contributed by atoms with E-state index in [9.17, 15) is 19.2 Å². The summed E-state index contributed by atoms with van der Waals surface area (Å²) in [4.78, 5) is 47.5. The van der Waals surface area contributed by atoms with Gasteiger partial charge in [0, 0.05) is 57.9 Å². The summed E-state index contributed by atoms with van der Waals surface area (Å²) >= 11 is 51.6. The largest absolute Gasteiger partial charge is 0.465 e. The molecule has 0 N–H and O–H groups in total. The van der Waals surface area contributed by atoms with Gasteiger partial charge in [-0.2, -0.15) is 152 Å². The zero-order valence-corrected chi connectivity index (χ0v) is 41.5. The number of esters is 3. The van der Waals surface area contributed by atoms with Gasteiger partial charge in [-0.1, -0.05) is 0 Å². The molecule has 21 heteroatoms. The molecular weight excluding hydrogens is 925 g/mol. The lowest BCUT2D eigenvalue weighted by molar-refractivity contribution is -0.162. The van der Waals surface area contributed by atoms with Crippen LogP contribution in [0.15, 0.2) is 0 Å². The van der Waals surface area contributed by atoms with E-state index >= 15 is 0 Å². The van der Waals surface area contributed by atoms with Gasteiger partial charge in [0.2, 0.25) is 0 Å². The van der Waals surface area contributed by atoms with Crippen LogP contribution in [0.1, 0.15) is 38.5 Å². The normalized spacial score (nSPS) is 12.1. The molecule has 0 aromatic heterocycles. The van der Waals surface area contributed by atoms with Gasteiger partial charge < -0.3 is 23.7 Å². The lowest BCUT2D eigenvalue weighted by atomic mass is 9.84. The molecule has 0 aliphatic rings. The Morgan fingerprint density at radius 3 is 0.870 bits per heavy atom. The number of ketones is 1. The fourth-order valence-electron chi connectivity index (χ4n) is 4.00. The second-order valence-electron chi connectivity index (χ2n) is 13.2. The zero-order chi connectivity index (χ0) is 41.5. The SMILES string of the molecule is O=C(CCS)CCC(COC(=O)CCS)(COC(=O)CCS)COC(=O)CCS.SCC(CS)(CS)COCC(CS)(CS)COCC(CS)(CS)CS. The molecular formula is C33H62O9S12. The van der Waals surface area contributed by atoms with Crippen LogP contribution in [-0.2, 0) is 42.9 Å². The van der Waals surface area contributed by atoms with Gasteiger partial charge in [-0.25, -0.2) is 0 Å². The van der Waals surface area contributed by atoms with Crippen LogP contribution in [0.5, 0.6) is 0 Å². The van der Waals surface area contributed by atoms with Gasteiger partial charge in [-0.15, -0.1) is 0 Å². The summed E-state index contributed by atoms with van der Waals surface area (Å²) in [6.45, 7) is 1.68. The summed E-state index contributed by atoms with van der Waals surface area (Å²) in [5, 5.41) is 0. The van der Waals surface area contributed by atoms with Crippen molar-refractivity contribution in [3.63, 3.8) is 0 Å². The molecule has 320 valence electrons. The molecule has 0 aliphatic heterocycles. The van der Waals surface area contributed by atoms with Gasteiger partial charge in [-0.05, 0) is 46.7 Å². The molecule has 0 atom stereocenters. The fraction of sp³-hybridized carbons (Fsp3) is 0.879. The summed E-state index contributed by atoms with van der Waals surface area (Å²) in [6, 6.07) is 0. The van der Waals surface area contributed by atoms with Crippen LogP contribution in [0.25, 0.3) is 0 Å². The van der Waals surface area contributed by atoms with Gasteiger partial charge in [0.25, 0.3) is 0 Å². The number of hydrogen-bond donors (Lipinski definition) is 12. The highest BCUT2D eigenvalue weighted by atomic mass is 32.1. The van der Waals surface area contributed by atoms with Gasteiger partial charge in [0.1, 0.15) is 25.6 Å². The van der Waals surface area contributed by atoms with Crippen molar-refractivity contribution in [2.24, 2.45) is 21.7 Å². The average Bonchev–Trinajstić information content (AvgIpc) is 3.18. The van der Waals surface area contributed by atoms with E-state index in [1.165, 1.54) is 0 Å². The lowest BCUT2D eigenvalue weighted by Gasteiger charge is -2.35. The topological polar surface area (TPSA) is 114 Å². The first-order chi connectivity index (χ1) is 25.7. The van der Waals surface area contributed by atoms with Gasteiger partial charge >= 0.3 is 17.9 Å². The minimum absolute atomic E-state index is 0.0329. The second-order valence-corrected chi connectivity index (χ2v) is 17.5. The summed E-state index contributed by atoms with van der Waals surface area (Å²) < 4.78 is 27.9. The maximum Gasteiger partial charge on any atom is 0.306 e. The molecule has 0 amide bonds. The molecule has 54 heavy (non-hydrogen) atoms. The predicted octanol–water partition coefficient (Wildman–Crippen LogP) is 5.65. The maximum atomic E-state index is 12.0. The third-order valence-electron chi connectivity index (χ3n) is 8.21. The first-order valence-corrected chi connectivity index (χ1v) is 24.8. The number of thiol groups is 12. The van der Waals surface area contributed by atoms with Crippen molar-refractivity contribution >= 4 is 175 Å².